The van der Waals surface area contributed by atoms with Crippen molar-refractivity contribution >= 4 is 17.8 Å². The molecule has 0 heterocycles. The summed E-state index contributed by atoms with van der Waals surface area (Å²) >= 11 is 0. The van der Waals surface area contributed by atoms with Crippen molar-refractivity contribution in [3.63, 3.8) is 0 Å². The van der Waals surface area contributed by atoms with Gasteiger partial charge >= 0.3 is 5.97 Å². The van der Waals surface area contributed by atoms with Crippen molar-refractivity contribution in [2.24, 2.45) is 5.73 Å². The Morgan fingerprint density at radius 3 is 2.42 bits per heavy atom. The van der Waals surface area contributed by atoms with Crippen LogP contribution in [0.2, 0.25) is 0 Å². The molecule has 0 aliphatic rings. The maximum absolute atomic E-state index is 11.5. The van der Waals surface area contributed by atoms with Crippen LogP contribution >= 0.6 is 0 Å². The van der Waals surface area contributed by atoms with Gasteiger partial charge in [0.1, 0.15) is 0 Å². The van der Waals surface area contributed by atoms with Gasteiger partial charge in [0.15, 0.2) is 0 Å². The molecule has 0 saturated carbocycles. The minimum Gasteiger partial charge on any atom is -0.481 e. The maximum Gasteiger partial charge on any atom is 0.303 e. The van der Waals surface area contributed by atoms with E-state index in [0.29, 0.717) is 0 Å². The molecule has 7 nitrogen and oxygen atoms in total. The summed E-state index contributed by atoms with van der Waals surface area (Å²) in [4.78, 5) is 33.2. The number of carboxylic acids is 1. The quantitative estimate of drug-likeness (QED) is 0.455. The van der Waals surface area contributed by atoms with E-state index in [9.17, 15) is 14.4 Å². The number of carbonyl (C=O) groups is 3. The fourth-order valence-corrected chi connectivity index (χ4v) is 1.29. The van der Waals surface area contributed by atoms with Crippen molar-refractivity contribution in [2.45, 2.75) is 51.6 Å². The molecule has 0 saturated heterocycles. The summed E-state index contributed by atoms with van der Waals surface area (Å²) in [5.41, 5.74) is 5.51. The van der Waals surface area contributed by atoms with Gasteiger partial charge in [0, 0.05) is 25.4 Å². The third-order valence-electron chi connectivity index (χ3n) is 2.68. The van der Waals surface area contributed by atoms with Crippen LogP contribution in [0.4, 0.5) is 0 Å². The number of carbonyl (C=O) groups excluding carboxylic acids is 2. The van der Waals surface area contributed by atoms with Crippen molar-refractivity contribution in [1.82, 2.24) is 10.6 Å². The largest absolute Gasteiger partial charge is 0.481 e. The summed E-state index contributed by atoms with van der Waals surface area (Å²) in [6, 6.07) is -0.741. The zero-order chi connectivity index (χ0) is 14.8. The van der Waals surface area contributed by atoms with Gasteiger partial charge in [-0.15, -0.1) is 0 Å². The molecule has 0 aliphatic heterocycles. The van der Waals surface area contributed by atoms with Crippen molar-refractivity contribution in [2.75, 3.05) is 6.54 Å². The number of rotatable bonds is 9. The van der Waals surface area contributed by atoms with E-state index in [2.05, 4.69) is 10.6 Å². The number of hydrogen-bond acceptors (Lipinski definition) is 4. The number of nitrogens with one attached hydrogen (secondary N) is 2. The molecular formula is C12H23N3O4. The second kappa shape index (κ2) is 9.32. The molecule has 19 heavy (non-hydrogen) atoms. The fourth-order valence-electron chi connectivity index (χ4n) is 1.29. The third kappa shape index (κ3) is 9.01. The van der Waals surface area contributed by atoms with Crippen LogP contribution in [-0.2, 0) is 14.4 Å². The van der Waals surface area contributed by atoms with Crippen molar-refractivity contribution in [3.05, 3.63) is 0 Å². The summed E-state index contributed by atoms with van der Waals surface area (Å²) in [6.07, 6.45) is 0.962. The summed E-state index contributed by atoms with van der Waals surface area (Å²) < 4.78 is 0. The molecule has 0 aromatic rings. The van der Waals surface area contributed by atoms with Gasteiger partial charge < -0.3 is 21.5 Å². The van der Waals surface area contributed by atoms with Crippen LogP contribution in [0.25, 0.3) is 0 Å². The maximum atomic E-state index is 11.5. The average Bonchev–Trinajstić information content (AvgIpc) is 2.35. The molecule has 0 aromatic heterocycles. The zero-order valence-corrected chi connectivity index (χ0v) is 11.4. The molecule has 0 bridgehead atoms. The van der Waals surface area contributed by atoms with Gasteiger partial charge in [-0.25, -0.2) is 0 Å². The highest BCUT2D eigenvalue weighted by Crippen LogP contribution is 1.95. The topological polar surface area (TPSA) is 122 Å². The zero-order valence-electron chi connectivity index (χ0n) is 11.4. The van der Waals surface area contributed by atoms with Gasteiger partial charge in [-0.1, -0.05) is 6.92 Å². The number of carboxylic acid groups (broad SMARTS) is 1. The second-order valence-electron chi connectivity index (χ2n) is 4.46. The lowest BCUT2D eigenvalue weighted by atomic mass is 10.1. The van der Waals surface area contributed by atoms with Gasteiger partial charge in [0.2, 0.25) is 11.8 Å². The number of nitrogens with two attached hydrogens (primary N) is 1. The highest BCUT2D eigenvalue weighted by Gasteiger charge is 2.14. The van der Waals surface area contributed by atoms with E-state index in [1.807, 2.05) is 13.8 Å². The van der Waals surface area contributed by atoms with Crippen LogP contribution in [0.1, 0.15) is 39.5 Å². The van der Waals surface area contributed by atoms with Crippen LogP contribution in [-0.4, -0.2) is 41.5 Å². The molecule has 7 heteroatoms. The number of hydrogen-bond donors (Lipinski definition) is 4. The molecule has 0 radical (unpaired) electrons. The fraction of sp³-hybridized carbons (Fsp3) is 0.750. The van der Waals surface area contributed by atoms with Crippen molar-refractivity contribution in [1.29, 1.82) is 0 Å². The molecule has 0 rings (SSSR count). The molecule has 2 amide bonds. The van der Waals surface area contributed by atoms with Crippen molar-refractivity contribution in [3.8, 4) is 0 Å². The first-order valence-electron chi connectivity index (χ1n) is 6.41. The molecule has 110 valence electrons. The first kappa shape index (κ1) is 17.4. The first-order chi connectivity index (χ1) is 8.86. The van der Waals surface area contributed by atoms with Crippen LogP contribution in [0.5, 0.6) is 0 Å². The molecule has 2 unspecified atom stereocenters. The number of aliphatic carboxylic acids is 1. The van der Waals surface area contributed by atoms with Crippen LogP contribution in [0, 0.1) is 0 Å². The molecule has 0 fully saturated rings. The Morgan fingerprint density at radius 1 is 1.26 bits per heavy atom. The Balaban J connectivity index is 3.78. The van der Waals surface area contributed by atoms with E-state index in [4.69, 9.17) is 10.8 Å². The molecule has 5 N–H and O–H groups in total. The smallest absolute Gasteiger partial charge is 0.303 e. The normalized spacial score (nSPS) is 13.4. The third-order valence-corrected chi connectivity index (χ3v) is 2.68. The Hall–Kier alpha value is -1.63. The minimum absolute atomic E-state index is 0.0836. The second-order valence-corrected chi connectivity index (χ2v) is 4.46. The van der Waals surface area contributed by atoms with Gasteiger partial charge in [0.25, 0.3) is 0 Å². The van der Waals surface area contributed by atoms with Gasteiger partial charge in [-0.2, -0.15) is 0 Å². The Bertz CT molecular complexity index is 320. The minimum atomic E-state index is -0.990. The first-order valence-corrected chi connectivity index (χ1v) is 6.41. The molecule has 0 aromatic carbocycles. The van der Waals surface area contributed by atoms with Crippen LogP contribution in [0.3, 0.4) is 0 Å². The SMILES string of the molecule is CCC(C)NC(=O)CCNC(=O)C(N)CCC(=O)O. The molecular weight excluding hydrogens is 250 g/mol. The van der Waals surface area contributed by atoms with E-state index in [-0.39, 0.29) is 37.8 Å². The molecule has 2 atom stereocenters. The summed E-state index contributed by atoms with van der Waals surface area (Å²) in [5, 5.41) is 13.7. The standard InChI is InChI=1S/C12H23N3O4/c1-3-8(2)15-10(16)6-7-14-12(19)9(13)4-5-11(17)18/h8-9H,3-7,13H2,1-2H3,(H,14,19)(H,15,16)(H,17,18). The number of amides is 2. The summed E-state index contributed by atoms with van der Waals surface area (Å²) in [5.74, 6) is -1.55. The van der Waals surface area contributed by atoms with E-state index in [1.165, 1.54) is 0 Å². The Kier molecular flexibility index (Phi) is 8.52. The lowest BCUT2D eigenvalue weighted by molar-refractivity contribution is -0.137. The van der Waals surface area contributed by atoms with Gasteiger partial charge in [-0.3, -0.25) is 14.4 Å². The molecule has 0 aliphatic carbocycles. The molecule has 0 spiro atoms. The highest BCUT2D eigenvalue weighted by atomic mass is 16.4. The lowest BCUT2D eigenvalue weighted by Crippen LogP contribution is -2.42. The van der Waals surface area contributed by atoms with Gasteiger partial charge in [0.05, 0.1) is 6.04 Å². The van der Waals surface area contributed by atoms with Crippen molar-refractivity contribution < 1.29 is 19.5 Å². The highest BCUT2D eigenvalue weighted by molar-refractivity contribution is 5.83. The summed E-state index contributed by atoms with van der Waals surface area (Å²) in [6.45, 7) is 4.06. The Morgan fingerprint density at radius 2 is 1.89 bits per heavy atom. The van der Waals surface area contributed by atoms with E-state index >= 15 is 0 Å². The monoisotopic (exact) mass is 273 g/mol. The van der Waals surface area contributed by atoms with Crippen LogP contribution < -0.4 is 16.4 Å². The lowest BCUT2D eigenvalue weighted by Gasteiger charge is -2.13. The predicted octanol–water partition coefficient (Wildman–Crippen LogP) is -0.400. The van der Waals surface area contributed by atoms with E-state index in [1.54, 1.807) is 0 Å². The summed E-state index contributed by atoms with van der Waals surface area (Å²) in [7, 11) is 0. The Labute approximate surface area is 112 Å². The van der Waals surface area contributed by atoms with Crippen LogP contribution in [0.15, 0.2) is 0 Å². The van der Waals surface area contributed by atoms with Gasteiger partial charge in [-0.05, 0) is 19.8 Å². The van der Waals surface area contributed by atoms with E-state index < -0.39 is 17.9 Å². The van der Waals surface area contributed by atoms with E-state index in [0.717, 1.165) is 6.42 Å². The average molecular weight is 273 g/mol. The predicted molar refractivity (Wildman–Crippen MR) is 70.4 cm³/mol.